The first-order valence-corrected chi connectivity index (χ1v) is 12.4. The Morgan fingerprint density at radius 3 is 2.35 bits per heavy atom. The van der Waals surface area contributed by atoms with Crippen molar-refractivity contribution in [2.24, 2.45) is 5.16 Å². The molecular weight excluding hydrogens is 564 g/mol. The molecule has 0 bridgehead atoms. The van der Waals surface area contributed by atoms with Gasteiger partial charge in [0.05, 0.1) is 11.3 Å². The Hall–Kier alpha value is -3.80. The molecular formula is C27H22ClF6N3O3. The number of hydrogen-bond donors (Lipinski definition) is 2. The highest BCUT2D eigenvalue weighted by Crippen LogP contribution is 2.50. The molecule has 2 amide bonds. The molecule has 4 rings (SSSR count). The molecule has 3 aromatic rings. The normalized spacial score (nSPS) is 18.2. The number of rotatable bonds is 6. The van der Waals surface area contributed by atoms with Crippen LogP contribution in [0.3, 0.4) is 0 Å². The third-order valence-corrected chi connectivity index (χ3v) is 6.67. The Morgan fingerprint density at radius 1 is 1.05 bits per heavy atom. The lowest BCUT2D eigenvalue weighted by Crippen LogP contribution is -2.44. The van der Waals surface area contributed by atoms with Crippen molar-refractivity contribution in [1.82, 2.24) is 10.6 Å². The smallest absolute Gasteiger partial charge is 0.374 e. The molecule has 1 heterocycles. The number of halogens is 7. The molecule has 2 N–H and O–H groups in total. The lowest BCUT2D eigenvalue weighted by Gasteiger charge is -2.30. The van der Waals surface area contributed by atoms with Crippen molar-refractivity contribution in [3.8, 4) is 0 Å². The zero-order valence-electron chi connectivity index (χ0n) is 21.0. The van der Waals surface area contributed by atoms with Crippen LogP contribution >= 0.6 is 11.6 Å². The summed E-state index contributed by atoms with van der Waals surface area (Å²) in [5.41, 5.74) is -5.29. The summed E-state index contributed by atoms with van der Waals surface area (Å²) in [7, 11) is 0. The number of carbonyl (C=O) groups excluding carboxylic acids is 2. The lowest BCUT2D eigenvalue weighted by molar-refractivity contribution is -0.276. The van der Waals surface area contributed by atoms with E-state index in [1.807, 2.05) is 0 Å². The number of benzene rings is 3. The number of nitrogens with one attached hydrogen (secondary N) is 2. The first kappa shape index (κ1) is 29.2. The Morgan fingerprint density at radius 2 is 1.73 bits per heavy atom. The molecule has 1 aliphatic heterocycles. The topological polar surface area (TPSA) is 79.8 Å². The molecule has 0 saturated heterocycles. The first-order valence-electron chi connectivity index (χ1n) is 12.0. The predicted octanol–water partition coefficient (Wildman–Crippen LogP) is 6.35. The zero-order valence-corrected chi connectivity index (χ0v) is 21.8. The van der Waals surface area contributed by atoms with Crippen molar-refractivity contribution in [3.05, 3.63) is 81.9 Å². The minimum absolute atomic E-state index is 0.154. The van der Waals surface area contributed by atoms with Crippen LogP contribution in [0, 0.1) is 0 Å². The van der Waals surface area contributed by atoms with Gasteiger partial charge in [-0.25, -0.2) is 0 Å². The fourth-order valence-corrected chi connectivity index (χ4v) is 4.69. The largest absolute Gasteiger partial charge is 0.435 e. The van der Waals surface area contributed by atoms with Gasteiger partial charge in [-0.3, -0.25) is 9.59 Å². The molecule has 6 nitrogen and oxygen atoms in total. The van der Waals surface area contributed by atoms with Crippen molar-refractivity contribution in [2.45, 2.75) is 44.3 Å². The third kappa shape index (κ3) is 5.45. The highest BCUT2D eigenvalue weighted by atomic mass is 35.5. The molecule has 2 atom stereocenters. The number of amides is 2. The van der Waals surface area contributed by atoms with Crippen LogP contribution in [-0.4, -0.2) is 36.3 Å². The van der Waals surface area contributed by atoms with Crippen molar-refractivity contribution < 1.29 is 40.8 Å². The standard InChI is InChI=1S/C27H22ClF6N3O3/c1-3-35-23(38)14(2)36-24(39)21-9-8-20(18-6-4-5-7-19(18)21)22-13-25(40-37-22,27(32,33)34)15-10-16(26(29,30)31)12-17(28)11-15/h4-12,14H,3,13H2,1-2H3,(H,35,38)(H,36,39). The summed E-state index contributed by atoms with van der Waals surface area (Å²) >= 11 is 5.77. The van der Waals surface area contributed by atoms with Gasteiger partial charge in [-0.15, -0.1) is 0 Å². The molecule has 212 valence electrons. The Labute approximate surface area is 229 Å². The van der Waals surface area contributed by atoms with Gasteiger partial charge in [-0.1, -0.05) is 47.1 Å². The minimum atomic E-state index is -5.17. The maximum Gasteiger partial charge on any atom is 0.435 e. The Bertz CT molecular complexity index is 1510. The summed E-state index contributed by atoms with van der Waals surface area (Å²) < 4.78 is 83.5. The molecule has 13 heteroatoms. The van der Waals surface area contributed by atoms with Gasteiger partial charge in [0, 0.05) is 34.7 Å². The van der Waals surface area contributed by atoms with Gasteiger partial charge in [-0.05, 0) is 48.9 Å². The molecule has 0 aromatic heterocycles. The molecule has 0 aliphatic carbocycles. The van der Waals surface area contributed by atoms with Gasteiger partial charge < -0.3 is 15.5 Å². The van der Waals surface area contributed by atoms with E-state index >= 15 is 0 Å². The summed E-state index contributed by atoms with van der Waals surface area (Å²) in [6.45, 7) is 3.59. The van der Waals surface area contributed by atoms with E-state index in [4.69, 9.17) is 16.4 Å². The van der Waals surface area contributed by atoms with Gasteiger partial charge in [0.1, 0.15) is 6.04 Å². The molecule has 0 fully saturated rings. The second kappa shape index (κ2) is 10.6. The second-order valence-electron chi connectivity index (χ2n) is 9.15. The number of carbonyl (C=O) groups is 2. The average Bonchev–Trinajstić information content (AvgIpc) is 3.34. The quantitative estimate of drug-likeness (QED) is 0.331. The number of hydrogen-bond acceptors (Lipinski definition) is 4. The minimum Gasteiger partial charge on any atom is -0.374 e. The highest BCUT2D eigenvalue weighted by molar-refractivity contribution is 6.30. The highest BCUT2D eigenvalue weighted by Gasteiger charge is 2.62. The van der Waals surface area contributed by atoms with Gasteiger partial charge in [0.15, 0.2) is 0 Å². The van der Waals surface area contributed by atoms with Crippen LogP contribution in [0.25, 0.3) is 10.8 Å². The Kier molecular flexibility index (Phi) is 7.77. The van der Waals surface area contributed by atoms with Gasteiger partial charge >= 0.3 is 12.4 Å². The number of fused-ring (bicyclic) bond motifs is 1. The maximum absolute atomic E-state index is 14.5. The van der Waals surface area contributed by atoms with Crippen LogP contribution < -0.4 is 10.6 Å². The van der Waals surface area contributed by atoms with E-state index in [0.29, 0.717) is 29.4 Å². The van der Waals surface area contributed by atoms with Gasteiger partial charge in [0.2, 0.25) is 5.91 Å². The number of oxime groups is 1. The lowest BCUT2D eigenvalue weighted by atomic mass is 9.84. The molecule has 0 spiro atoms. The predicted molar refractivity (Wildman–Crippen MR) is 136 cm³/mol. The molecule has 1 aliphatic rings. The zero-order chi connectivity index (χ0) is 29.5. The summed E-state index contributed by atoms with van der Waals surface area (Å²) in [4.78, 5) is 29.9. The van der Waals surface area contributed by atoms with Crippen LogP contribution in [0.15, 0.2) is 59.8 Å². The van der Waals surface area contributed by atoms with Gasteiger partial charge in [0.25, 0.3) is 11.5 Å². The van der Waals surface area contributed by atoms with E-state index in [0.717, 1.165) is 6.07 Å². The van der Waals surface area contributed by atoms with Crippen LogP contribution in [0.5, 0.6) is 0 Å². The van der Waals surface area contributed by atoms with Crippen molar-refractivity contribution in [3.63, 3.8) is 0 Å². The summed E-state index contributed by atoms with van der Waals surface area (Å²) in [5, 5.41) is 8.99. The van der Waals surface area contributed by atoms with E-state index in [-0.39, 0.29) is 16.8 Å². The monoisotopic (exact) mass is 585 g/mol. The van der Waals surface area contributed by atoms with E-state index in [2.05, 4.69) is 15.8 Å². The number of alkyl halides is 6. The van der Waals surface area contributed by atoms with Crippen LogP contribution in [-0.2, 0) is 21.4 Å². The van der Waals surface area contributed by atoms with Gasteiger partial charge in [-0.2, -0.15) is 26.3 Å². The average molecular weight is 586 g/mol. The Balaban J connectivity index is 1.74. The van der Waals surface area contributed by atoms with Crippen molar-refractivity contribution in [1.29, 1.82) is 0 Å². The second-order valence-corrected chi connectivity index (χ2v) is 9.59. The molecule has 2 unspecified atom stereocenters. The number of likely N-dealkylation sites (N-methyl/N-ethyl adjacent to an activating group) is 1. The number of nitrogens with zero attached hydrogens (tertiary/aromatic N) is 1. The van der Waals surface area contributed by atoms with E-state index in [1.165, 1.54) is 19.1 Å². The summed E-state index contributed by atoms with van der Waals surface area (Å²) in [6, 6.07) is 9.88. The van der Waals surface area contributed by atoms with E-state index < -0.39 is 58.4 Å². The molecule has 0 radical (unpaired) electrons. The van der Waals surface area contributed by atoms with Crippen LogP contribution in [0.2, 0.25) is 5.02 Å². The third-order valence-electron chi connectivity index (χ3n) is 6.45. The fraction of sp³-hybridized carbons (Fsp3) is 0.296. The maximum atomic E-state index is 14.5. The van der Waals surface area contributed by atoms with E-state index in [1.54, 1.807) is 31.2 Å². The van der Waals surface area contributed by atoms with Crippen LogP contribution in [0.1, 0.15) is 47.3 Å². The molecule has 3 aromatic carbocycles. The van der Waals surface area contributed by atoms with Crippen molar-refractivity contribution in [2.75, 3.05) is 6.54 Å². The fourth-order valence-electron chi connectivity index (χ4n) is 4.45. The first-order chi connectivity index (χ1) is 18.7. The molecule has 0 saturated carbocycles. The molecule has 40 heavy (non-hydrogen) atoms. The SMILES string of the molecule is CCNC(=O)C(C)NC(=O)c1ccc(C2=NOC(c3cc(Cl)cc(C(F)(F)F)c3)(C(F)(F)F)C2)c2ccccc12. The summed E-state index contributed by atoms with van der Waals surface area (Å²) in [5.74, 6) is -0.984. The van der Waals surface area contributed by atoms with E-state index in [9.17, 15) is 35.9 Å². The summed E-state index contributed by atoms with van der Waals surface area (Å²) in [6.07, 6.45) is -11.1. The van der Waals surface area contributed by atoms with Crippen molar-refractivity contribution >= 4 is 39.9 Å². The van der Waals surface area contributed by atoms with Crippen LogP contribution in [0.4, 0.5) is 26.3 Å².